The van der Waals surface area contributed by atoms with Crippen molar-refractivity contribution in [2.75, 3.05) is 15.6 Å². The summed E-state index contributed by atoms with van der Waals surface area (Å²) in [5.41, 5.74) is 3.20. The SMILES string of the molecule is Cc1ccc(S(=O)(=O)Nc2ccc3c(c2)CCCN3S(=O)(=O)c2ccc(F)cc2)c(C)c1. The van der Waals surface area contributed by atoms with Gasteiger partial charge in [0.25, 0.3) is 20.0 Å². The molecule has 32 heavy (non-hydrogen) atoms. The smallest absolute Gasteiger partial charge is 0.264 e. The molecule has 168 valence electrons. The van der Waals surface area contributed by atoms with Crippen molar-refractivity contribution in [3.8, 4) is 0 Å². The number of benzene rings is 3. The Kier molecular flexibility index (Phi) is 5.72. The van der Waals surface area contributed by atoms with Gasteiger partial charge in [-0.15, -0.1) is 0 Å². The van der Waals surface area contributed by atoms with Crippen LogP contribution >= 0.6 is 0 Å². The van der Waals surface area contributed by atoms with Gasteiger partial charge in [-0.1, -0.05) is 17.7 Å². The summed E-state index contributed by atoms with van der Waals surface area (Å²) in [6.07, 6.45) is 1.20. The highest BCUT2D eigenvalue weighted by Crippen LogP contribution is 2.34. The Morgan fingerprint density at radius 3 is 2.31 bits per heavy atom. The molecule has 0 saturated heterocycles. The van der Waals surface area contributed by atoms with E-state index in [-0.39, 0.29) is 9.79 Å². The minimum Gasteiger partial charge on any atom is -0.280 e. The Labute approximate surface area is 187 Å². The lowest BCUT2D eigenvalue weighted by Gasteiger charge is -2.31. The number of nitrogens with zero attached hydrogens (tertiary/aromatic N) is 1. The maximum atomic E-state index is 13.2. The average Bonchev–Trinajstić information content (AvgIpc) is 2.73. The highest BCUT2D eigenvalue weighted by molar-refractivity contribution is 7.93. The quantitative estimate of drug-likeness (QED) is 0.595. The monoisotopic (exact) mass is 474 g/mol. The van der Waals surface area contributed by atoms with Gasteiger partial charge in [0.2, 0.25) is 0 Å². The Morgan fingerprint density at radius 1 is 0.906 bits per heavy atom. The zero-order valence-corrected chi connectivity index (χ0v) is 19.3. The van der Waals surface area contributed by atoms with Crippen molar-refractivity contribution in [3.05, 3.63) is 83.2 Å². The zero-order chi connectivity index (χ0) is 23.1. The standard InChI is InChI=1S/C23H23FN2O4S2/c1-16-5-12-23(17(2)14-16)31(27,28)25-20-8-11-22-18(15-20)4-3-13-26(22)32(29,30)21-9-6-19(24)7-10-21/h5-12,14-15,25H,3-4,13H2,1-2H3. The van der Waals surface area contributed by atoms with Crippen molar-refractivity contribution >= 4 is 31.4 Å². The van der Waals surface area contributed by atoms with E-state index in [1.54, 1.807) is 43.3 Å². The molecular formula is C23H23FN2O4S2. The molecule has 0 atom stereocenters. The third-order valence-electron chi connectivity index (χ3n) is 5.43. The molecule has 1 aliphatic rings. The van der Waals surface area contributed by atoms with Crippen LogP contribution in [-0.2, 0) is 26.5 Å². The maximum Gasteiger partial charge on any atom is 0.264 e. The molecule has 9 heteroatoms. The maximum absolute atomic E-state index is 13.2. The van der Waals surface area contributed by atoms with Crippen LogP contribution in [0.15, 0.2) is 70.5 Å². The Morgan fingerprint density at radius 2 is 1.62 bits per heavy atom. The van der Waals surface area contributed by atoms with Gasteiger partial charge in [0.15, 0.2) is 0 Å². The molecular weight excluding hydrogens is 451 g/mol. The summed E-state index contributed by atoms with van der Waals surface area (Å²) in [7, 11) is -7.66. The van der Waals surface area contributed by atoms with E-state index >= 15 is 0 Å². The van der Waals surface area contributed by atoms with Crippen LogP contribution in [0.2, 0.25) is 0 Å². The minimum atomic E-state index is -3.86. The van der Waals surface area contributed by atoms with Gasteiger partial charge >= 0.3 is 0 Å². The molecule has 0 aliphatic carbocycles. The third kappa shape index (κ3) is 4.22. The lowest BCUT2D eigenvalue weighted by atomic mass is 10.0. The Hall–Kier alpha value is -2.91. The van der Waals surface area contributed by atoms with Crippen LogP contribution in [0, 0.1) is 19.7 Å². The largest absolute Gasteiger partial charge is 0.280 e. The van der Waals surface area contributed by atoms with Crippen molar-refractivity contribution in [3.63, 3.8) is 0 Å². The normalized spacial score (nSPS) is 14.2. The third-order valence-corrected chi connectivity index (χ3v) is 8.80. The molecule has 6 nitrogen and oxygen atoms in total. The van der Waals surface area contributed by atoms with E-state index in [0.29, 0.717) is 36.3 Å². The molecule has 1 heterocycles. The van der Waals surface area contributed by atoms with Gasteiger partial charge in [0, 0.05) is 12.2 Å². The van der Waals surface area contributed by atoms with Gasteiger partial charge < -0.3 is 0 Å². The fraction of sp³-hybridized carbons (Fsp3) is 0.217. The highest BCUT2D eigenvalue weighted by Gasteiger charge is 2.29. The van der Waals surface area contributed by atoms with Gasteiger partial charge in [0.1, 0.15) is 5.82 Å². The number of fused-ring (bicyclic) bond motifs is 1. The molecule has 3 aromatic rings. The first-order valence-corrected chi connectivity index (χ1v) is 13.0. The predicted octanol–water partition coefficient (Wildman–Crippen LogP) is 4.38. The van der Waals surface area contributed by atoms with E-state index < -0.39 is 25.9 Å². The van der Waals surface area contributed by atoms with Gasteiger partial charge in [-0.2, -0.15) is 0 Å². The van der Waals surface area contributed by atoms with Crippen LogP contribution in [-0.4, -0.2) is 23.4 Å². The van der Waals surface area contributed by atoms with Gasteiger partial charge in [-0.3, -0.25) is 9.03 Å². The molecule has 0 unspecified atom stereocenters. The van der Waals surface area contributed by atoms with E-state index in [4.69, 9.17) is 0 Å². The molecule has 0 spiro atoms. The molecule has 0 radical (unpaired) electrons. The second-order valence-corrected chi connectivity index (χ2v) is 11.4. The fourth-order valence-corrected chi connectivity index (χ4v) is 6.74. The Balaban J connectivity index is 1.66. The second-order valence-electron chi connectivity index (χ2n) is 7.85. The molecule has 4 rings (SSSR count). The molecule has 1 N–H and O–H groups in total. The molecule has 3 aromatic carbocycles. The number of hydrogen-bond donors (Lipinski definition) is 1. The molecule has 0 saturated carbocycles. The van der Waals surface area contributed by atoms with Crippen molar-refractivity contribution < 1.29 is 21.2 Å². The van der Waals surface area contributed by atoms with Crippen LogP contribution in [0.5, 0.6) is 0 Å². The average molecular weight is 475 g/mol. The summed E-state index contributed by atoms with van der Waals surface area (Å²) in [5.74, 6) is -0.510. The Bertz CT molecular complexity index is 1390. The van der Waals surface area contributed by atoms with E-state index in [9.17, 15) is 21.2 Å². The summed E-state index contributed by atoms with van der Waals surface area (Å²) in [4.78, 5) is 0.202. The topological polar surface area (TPSA) is 83.6 Å². The van der Waals surface area contributed by atoms with Crippen LogP contribution < -0.4 is 9.03 Å². The van der Waals surface area contributed by atoms with Crippen molar-refractivity contribution in [1.29, 1.82) is 0 Å². The predicted molar refractivity (Wildman–Crippen MR) is 122 cm³/mol. The van der Waals surface area contributed by atoms with Crippen molar-refractivity contribution in [1.82, 2.24) is 0 Å². The molecule has 1 aliphatic heterocycles. The summed E-state index contributed by atoms with van der Waals surface area (Å²) in [5, 5.41) is 0. The van der Waals surface area contributed by atoms with Crippen LogP contribution in [0.1, 0.15) is 23.1 Å². The first-order valence-electron chi connectivity index (χ1n) is 10.1. The number of halogens is 1. The van der Waals surface area contributed by atoms with E-state index in [1.165, 1.54) is 16.4 Å². The number of aryl methyl sites for hydroxylation is 3. The van der Waals surface area contributed by atoms with Gasteiger partial charge in [0.05, 0.1) is 15.5 Å². The second kappa shape index (κ2) is 8.22. The summed E-state index contributed by atoms with van der Waals surface area (Å²) in [6.45, 7) is 3.93. The number of nitrogens with one attached hydrogen (secondary N) is 1. The minimum absolute atomic E-state index is 0.00590. The molecule has 0 bridgehead atoms. The van der Waals surface area contributed by atoms with Crippen molar-refractivity contribution in [2.24, 2.45) is 0 Å². The number of rotatable bonds is 5. The first kappa shape index (κ1) is 22.3. The highest BCUT2D eigenvalue weighted by atomic mass is 32.2. The van der Waals surface area contributed by atoms with E-state index in [2.05, 4.69) is 4.72 Å². The summed E-state index contributed by atoms with van der Waals surface area (Å²) < 4.78 is 69.1. The first-order chi connectivity index (χ1) is 15.1. The van der Waals surface area contributed by atoms with Gasteiger partial charge in [-0.25, -0.2) is 21.2 Å². The van der Waals surface area contributed by atoms with Crippen LogP contribution in [0.25, 0.3) is 0 Å². The van der Waals surface area contributed by atoms with Crippen LogP contribution in [0.4, 0.5) is 15.8 Å². The summed E-state index contributed by atoms with van der Waals surface area (Å²) in [6, 6.07) is 14.7. The lowest BCUT2D eigenvalue weighted by molar-refractivity contribution is 0.585. The fourth-order valence-electron chi connectivity index (χ4n) is 3.92. The molecule has 0 amide bonds. The van der Waals surface area contributed by atoms with Gasteiger partial charge in [-0.05, 0) is 86.3 Å². The summed E-state index contributed by atoms with van der Waals surface area (Å²) >= 11 is 0. The van der Waals surface area contributed by atoms with Crippen LogP contribution in [0.3, 0.4) is 0 Å². The zero-order valence-electron chi connectivity index (χ0n) is 17.7. The van der Waals surface area contributed by atoms with Crippen molar-refractivity contribution in [2.45, 2.75) is 36.5 Å². The van der Waals surface area contributed by atoms with E-state index in [0.717, 1.165) is 23.3 Å². The number of hydrogen-bond acceptors (Lipinski definition) is 4. The number of anilines is 2. The molecule has 0 aromatic heterocycles. The molecule has 0 fully saturated rings. The lowest BCUT2D eigenvalue weighted by Crippen LogP contribution is -2.35. The number of sulfonamides is 2. The van der Waals surface area contributed by atoms with E-state index in [1.807, 2.05) is 6.92 Å².